The van der Waals surface area contributed by atoms with Crippen molar-refractivity contribution >= 4 is 34.0 Å². The fourth-order valence-corrected chi connectivity index (χ4v) is 3.17. The van der Waals surface area contributed by atoms with Crippen LogP contribution >= 0.6 is 11.6 Å². The molecule has 0 amide bonds. The van der Waals surface area contributed by atoms with Gasteiger partial charge < -0.3 is 24.3 Å². The Balaban J connectivity index is 1.60. The smallest absolute Gasteiger partial charge is 0.162 e. The lowest BCUT2D eigenvalue weighted by Gasteiger charge is -2.15. The molecule has 1 aromatic heterocycles. The lowest BCUT2D eigenvalue weighted by molar-refractivity contribution is -0.0532. The Morgan fingerprint density at radius 2 is 2.00 bits per heavy atom. The first-order chi connectivity index (χ1) is 14.1. The molecule has 0 saturated carbocycles. The number of hydrogen-bond acceptors (Lipinski definition) is 7. The van der Waals surface area contributed by atoms with Crippen LogP contribution in [0.5, 0.6) is 11.5 Å². The average molecular weight is 420 g/mol. The number of rotatable bonds is 7. The highest BCUT2D eigenvalue weighted by atomic mass is 35.5. The molecule has 9 heteroatoms. The van der Waals surface area contributed by atoms with E-state index in [0.717, 1.165) is 5.39 Å². The fourth-order valence-electron chi connectivity index (χ4n) is 2.99. The maximum Gasteiger partial charge on any atom is 0.162 e. The third-order valence-corrected chi connectivity index (χ3v) is 4.69. The second kappa shape index (κ2) is 8.77. The van der Waals surface area contributed by atoms with Gasteiger partial charge in [0.1, 0.15) is 18.0 Å². The Morgan fingerprint density at radius 3 is 2.76 bits per heavy atom. The Kier molecular flexibility index (Phi) is 5.94. The molecule has 0 unspecified atom stereocenters. The van der Waals surface area contributed by atoms with E-state index in [1.807, 2.05) is 0 Å². The maximum absolute atomic E-state index is 13.4. The summed E-state index contributed by atoms with van der Waals surface area (Å²) in [6.45, 7) is 1.60. The van der Waals surface area contributed by atoms with E-state index in [1.54, 1.807) is 25.3 Å². The minimum atomic E-state index is -0.486. The fraction of sp³-hybridized carbons (Fsp3) is 0.300. The summed E-state index contributed by atoms with van der Waals surface area (Å²) < 4.78 is 35.6. The van der Waals surface area contributed by atoms with Crippen molar-refractivity contribution in [2.24, 2.45) is 0 Å². The number of anilines is 2. The summed E-state index contributed by atoms with van der Waals surface area (Å²) in [5.41, 5.74) is 1.27. The Bertz CT molecular complexity index is 1010. The molecule has 0 bridgehead atoms. The van der Waals surface area contributed by atoms with Crippen LogP contribution in [-0.2, 0) is 9.47 Å². The number of nitrogens with zero attached hydrogens (tertiary/aromatic N) is 2. The van der Waals surface area contributed by atoms with Gasteiger partial charge in [0.25, 0.3) is 0 Å². The first-order valence-electron chi connectivity index (χ1n) is 9.05. The van der Waals surface area contributed by atoms with Crippen LogP contribution in [0, 0.1) is 5.82 Å². The molecule has 1 aliphatic heterocycles. The first kappa shape index (κ1) is 19.6. The van der Waals surface area contributed by atoms with E-state index in [4.69, 9.17) is 30.5 Å². The van der Waals surface area contributed by atoms with Crippen LogP contribution in [0.2, 0.25) is 5.02 Å². The number of nitrogens with one attached hydrogen (secondary N) is 1. The number of fused-ring (bicyclic) bond motifs is 1. The molecule has 1 aliphatic rings. The normalized spacial score (nSPS) is 14.3. The van der Waals surface area contributed by atoms with Gasteiger partial charge in [0.15, 0.2) is 17.8 Å². The summed E-state index contributed by atoms with van der Waals surface area (Å²) in [5.74, 6) is 1.15. The minimum Gasteiger partial charge on any atom is -0.493 e. The van der Waals surface area contributed by atoms with E-state index in [-0.39, 0.29) is 11.3 Å². The zero-order chi connectivity index (χ0) is 20.2. The van der Waals surface area contributed by atoms with Gasteiger partial charge in [-0.05, 0) is 24.3 Å². The molecule has 4 rings (SSSR count). The molecular weight excluding hydrogens is 401 g/mol. The maximum atomic E-state index is 13.4. The van der Waals surface area contributed by atoms with Gasteiger partial charge in [-0.15, -0.1) is 0 Å². The third kappa shape index (κ3) is 4.50. The van der Waals surface area contributed by atoms with Crippen molar-refractivity contribution in [1.82, 2.24) is 9.97 Å². The number of ether oxygens (including phenoxy) is 4. The summed E-state index contributed by atoms with van der Waals surface area (Å²) in [5, 5.41) is 3.88. The quantitative estimate of drug-likeness (QED) is 0.611. The van der Waals surface area contributed by atoms with Gasteiger partial charge in [-0.3, -0.25) is 0 Å². The number of benzene rings is 2. The zero-order valence-corrected chi connectivity index (χ0v) is 16.4. The zero-order valence-electron chi connectivity index (χ0n) is 15.7. The van der Waals surface area contributed by atoms with E-state index in [0.29, 0.717) is 54.8 Å². The number of halogens is 2. The van der Waals surface area contributed by atoms with Gasteiger partial charge in [0.05, 0.1) is 37.5 Å². The van der Waals surface area contributed by atoms with Crippen molar-refractivity contribution in [3.05, 3.63) is 47.5 Å². The predicted molar refractivity (Wildman–Crippen MR) is 107 cm³/mol. The molecule has 1 fully saturated rings. The van der Waals surface area contributed by atoms with Crippen molar-refractivity contribution in [3.63, 3.8) is 0 Å². The minimum absolute atomic E-state index is 0.0235. The van der Waals surface area contributed by atoms with Gasteiger partial charge in [-0.1, -0.05) is 11.6 Å². The van der Waals surface area contributed by atoms with E-state index < -0.39 is 5.82 Å². The monoisotopic (exact) mass is 419 g/mol. The first-order valence-corrected chi connectivity index (χ1v) is 9.42. The molecule has 152 valence electrons. The standard InChI is InChI=1S/C20H19ClFN3O4/c1-26-17-10-16-13(9-18(17)27-5-4-19-28-6-7-29-19)20(24-11-23-16)25-12-2-3-15(22)14(21)8-12/h2-3,8-11,19H,4-7H2,1H3,(H,23,24,25). The van der Waals surface area contributed by atoms with Gasteiger partial charge in [-0.25, -0.2) is 14.4 Å². The van der Waals surface area contributed by atoms with Gasteiger partial charge >= 0.3 is 0 Å². The predicted octanol–water partition coefficient (Wildman–Crippen LogP) is 4.32. The molecule has 3 aromatic rings. The van der Waals surface area contributed by atoms with Crippen LogP contribution in [0.3, 0.4) is 0 Å². The number of aromatic nitrogens is 2. The molecule has 2 aromatic carbocycles. The topological polar surface area (TPSA) is 74.7 Å². The van der Waals surface area contributed by atoms with Crippen molar-refractivity contribution in [1.29, 1.82) is 0 Å². The summed E-state index contributed by atoms with van der Waals surface area (Å²) in [7, 11) is 1.57. The van der Waals surface area contributed by atoms with Crippen molar-refractivity contribution in [3.8, 4) is 11.5 Å². The van der Waals surface area contributed by atoms with Gasteiger partial charge in [0.2, 0.25) is 0 Å². The molecule has 0 atom stereocenters. The second-order valence-electron chi connectivity index (χ2n) is 6.30. The summed E-state index contributed by atoms with van der Waals surface area (Å²) in [6, 6.07) is 7.94. The molecule has 1 N–H and O–H groups in total. The van der Waals surface area contributed by atoms with Crippen LogP contribution in [-0.4, -0.2) is 43.2 Å². The SMILES string of the molecule is COc1cc2ncnc(Nc3ccc(F)c(Cl)c3)c2cc1OCCC1OCCO1. The highest BCUT2D eigenvalue weighted by Crippen LogP contribution is 2.35. The van der Waals surface area contributed by atoms with Gasteiger partial charge in [0, 0.05) is 23.6 Å². The molecule has 1 saturated heterocycles. The number of methoxy groups -OCH3 is 1. The van der Waals surface area contributed by atoms with Crippen LogP contribution in [0.4, 0.5) is 15.9 Å². The van der Waals surface area contributed by atoms with E-state index in [1.165, 1.54) is 18.5 Å². The molecule has 0 radical (unpaired) electrons. The highest BCUT2D eigenvalue weighted by Gasteiger charge is 2.17. The highest BCUT2D eigenvalue weighted by molar-refractivity contribution is 6.31. The third-order valence-electron chi connectivity index (χ3n) is 4.41. The summed E-state index contributed by atoms with van der Waals surface area (Å²) in [4.78, 5) is 8.59. The summed E-state index contributed by atoms with van der Waals surface area (Å²) >= 11 is 5.87. The van der Waals surface area contributed by atoms with E-state index in [2.05, 4.69) is 15.3 Å². The largest absolute Gasteiger partial charge is 0.493 e. The molecular formula is C20H19ClFN3O4. The van der Waals surface area contributed by atoms with E-state index >= 15 is 0 Å². The van der Waals surface area contributed by atoms with Gasteiger partial charge in [-0.2, -0.15) is 0 Å². The van der Waals surface area contributed by atoms with Crippen LogP contribution < -0.4 is 14.8 Å². The van der Waals surface area contributed by atoms with Crippen molar-refractivity contribution in [2.45, 2.75) is 12.7 Å². The van der Waals surface area contributed by atoms with E-state index in [9.17, 15) is 4.39 Å². The lowest BCUT2D eigenvalue weighted by atomic mass is 10.2. The van der Waals surface area contributed by atoms with Crippen LogP contribution in [0.1, 0.15) is 6.42 Å². The lowest BCUT2D eigenvalue weighted by Crippen LogP contribution is -2.13. The van der Waals surface area contributed by atoms with Crippen molar-refractivity contribution < 1.29 is 23.3 Å². The van der Waals surface area contributed by atoms with Crippen LogP contribution in [0.15, 0.2) is 36.7 Å². The molecule has 7 nitrogen and oxygen atoms in total. The summed E-state index contributed by atoms with van der Waals surface area (Å²) in [6.07, 6.45) is 1.79. The molecule has 29 heavy (non-hydrogen) atoms. The Morgan fingerprint density at radius 1 is 1.17 bits per heavy atom. The van der Waals surface area contributed by atoms with Crippen molar-refractivity contribution in [2.75, 3.05) is 32.2 Å². The Labute approximate surface area is 171 Å². The molecule has 0 aliphatic carbocycles. The van der Waals surface area contributed by atoms with Crippen LogP contribution in [0.25, 0.3) is 10.9 Å². The second-order valence-corrected chi connectivity index (χ2v) is 6.71. The number of hydrogen-bond donors (Lipinski definition) is 1. The Hall–Kier alpha value is -2.68. The average Bonchev–Trinajstić information content (AvgIpc) is 3.24. The molecule has 0 spiro atoms. The molecule has 2 heterocycles.